The van der Waals surface area contributed by atoms with Gasteiger partial charge >= 0.3 is 6.80 Å². The maximum Gasteiger partial charge on any atom is 0.389 e. The zero-order valence-electron chi connectivity index (χ0n) is 13.2. The van der Waals surface area contributed by atoms with Gasteiger partial charge in [0, 0.05) is 32.6 Å². The van der Waals surface area contributed by atoms with Crippen molar-refractivity contribution < 1.29 is 32.0 Å². The molecule has 0 spiro atoms. The van der Waals surface area contributed by atoms with Crippen molar-refractivity contribution in [3.05, 3.63) is 0 Å². The molecule has 0 aromatic heterocycles. The fourth-order valence-corrected chi connectivity index (χ4v) is 6.00. The van der Waals surface area contributed by atoms with Crippen molar-refractivity contribution in [2.75, 3.05) is 33.2 Å². The van der Waals surface area contributed by atoms with Crippen LogP contribution in [-0.2, 0) is 32.0 Å². The number of hydrogen-bond donors (Lipinski definition) is 1. The molecule has 2 rings (SSSR count). The van der Waals surface area contributed by atoms with Crippen molar-refractivity contribution in [3.8, 4) is 0 Å². The van der Waals surface area contributed by atoms with E-state index in [1.165, 1.54) is 7.11 Å². The summed E-state index contributed by atoms with van der Waals surface area (Å²) < 4.78 is 44.8. The molecule has 0 aromatic carbocycles. The van der Waals surface area contributed by atoms with E-state index in [2.05, 4.69) is 12.9 Å². The van der Waals surface area contributed by atoms with Gasteiger partial charge in [0.1, 0.15) is 14.0 Å². The summed E-state index contributed by atoms with van der Waals surface area (Å²) in [6.45, 7) is -2.54. The van der Waals surface area contributed by atoms with Crippen LogP contribution in [0.3, 0.4) is 0 Å². The van der Waals surface area contributed by atoms with Crippen molar-refractivity contribution in [3.63, 3.8) is 0 Å². The van der Waals surface area contributed by atoms with E-state index in [4.69, 9.17) is 35.3 Å². The molecule has 7 nitrogen and oxygen atoms in total. The average molecular weight is 384 g/mol. The summed E-state index contributed by atoms with van der Waals surface area (Å²) in [6.07, 6.45) is 0.208. The van der Waals surface area contributed by atoms with Crippen LogP contribution in [-0.4, -0.2) is 71.5 Å². The van der Waals surface area contributed by atoms with E-state index in [0.29, 0.717) is 18.8 Å². The summed E-state index contributed by atoms with van der Waals surface area (Å²) in [5, 5.41) is 0. The molecule has 0 bridgehead atoms. The molecule has 0 aromatic rings. The quantitative estimate of drug-likeness (QED) is 0.279. The highest BCUT2D eigenvalue weighted by Gasteiger charge is 2.40. The van der Waals surface area contributed by atoms with Gasteiger partial charge in [-0.05, 0) is 37.1 Å². The third-order valence-electron chi connectivity index (χ3n) is 3.80. The van der Waals surface area contributed by atoms with Crippen LogP contribution in [0.4, 0.5) is 0 Å². The van der Waals surface area contributed by atoms with Gasteiger partial charge in [0.05, 0.1) is 24.9 Å². The monoisotopic (exact) mass is 384 g/mol. The van der Waals surface area contributed by atoms with Crippen LogP contribution in [0.2, 0.25) is 0 Å². The zero-order valence-corrected chi connectivity index (χ0v) is 15.8. The van der Waals surface area contributed by atoms with Crippen molar-refractivity contribution in [1.29, 1.82) is 0 Å². The van der Waals surface area contributed by atoms with E-state index in [1.54, 1.807) is 7.11 Å². The third-order valence-corrected chi connectivity index (χ3v) is 7.82. The van der Waals surface area contributed by atoms with E-state index in [9.17, 15) is 4.57 Å². The van der Waals surface area contributed by atoms with Crippen LogP contribution in [0.1, 0.15) is 12.8 Å². The van der Waals surface area contributed by atoms with Gasteiger partial charge in [-0.25, -0.2) is 4.57 Å². The minimum atomic E-state index is -3.36. The summed E-state index contributed by atoms with van der Waals surface area (Å²) in [6, 6.07) is -0.486. The van der Waals surface area contributed by atoms with Crippen LogP contribution in [0.25, 0.3) is 0 Å². The second-order valence-electron chi connectivity index (χ2n) is 5.29. The fraction of sp³-hybridized carbons (Fsp3) is 1.00. The van der Waals surface area contributed by atoms with Gasteiger partial charge in [-0.1, -0.05) is 0 Å². The smallest absolute Gasteiger partial charge is 0.379 e. The molecule has 6 atom stereocenters. The minimum Gasteiger partial charge on any atom is -0.379 e. The Kier molecular flexibility index (Phi) is 8.25. The van der Waals surface area contributed by atoms with E-state index < -0.39 is 25.0 Å². The highest BCUT2D eigenvalue weighted by molar-refractivity contribution is 8.55. The summed E-state index contributed by atoms with van der Waals surface area (Å²) in [5.41, 5.74) is 0. The van der Waals surface area contributed by atoms with Gasteiger partial charge in [-0.3, -0.25) is 4.52 Å². The standard InChI is InChI=1S/C12H22BO7PS2/c1-15-8-3-4-17-11(8)7-23-21(14,16-2)20-9-5-12(13)19-10(9)6-18-22/h8-12,22H,3-7H2,1-2H3/t8?,9?,10-,11-,12-,21?/m1/s1. The van der Waals surface area contributed by atoms with Crippen LogP contribution in [0.5, 0.6) is 0 Å². The Labute approximate surface area is 147 Å². The molecule has 2 saturated heterocycles. The third kappa shape index (κ3) is 5.62. The molecule has 2 radical (unpaired) electrons. The van der Waals surface area contributed by atoms with Crippen molar-refractivity contribution in [1.82, 2.24) is 0 Å². The summed E-state index contributed by atoms with van der Waals surface area (Å²) >= 11 is 4.81. The normalized spacial score (nSPS) is 37.1. The predicted molar refractivity (Wildman–Crippen MR) is 91.1 cm³/mol. The summed E-state index contributed by atoms with van der Waals surface area (Å²) in [4.78, 5) is 0. The molecule has 3 unspecified atom stereocenters. The molecule has 0 amide bonds. The second kappa shape index (κ2) is 9.45. The summed E-state index contributed by atoms with van der Waals surface area (Å²) in [5.74, 6) is 0.455. The number of thiol groups is 1. The SMILES string of the molecule is [B][C@H]1CC(OP(=O)(OC)SC[C@H]2OCCC2OC)[C@@H](COS)O1. The average Bonchev–Trinajstić information content (AvgIpc) is 3.12. The molecule has 0 saturated carbocycles. The van der Waals surface area contributed by atoms with Crippen LogP contribution < -0.4 is 0 Å². The number of hydrogen-bond acceptors (Lipinski definition) is 9. The zero-order chi connectivity index (χ0) is 16.9. The van der Waals surface area contributed by atoms with Gasteiger partial charge in [0.15, 0.2) is 0 Å². The highest BCUT2D eigenvalue weighted by Crippen LogP contribution is 2.62. The Morgan fingerprint density at radius 2 is 2.13 bits per heavy atom. The lowest BCUT2D eigenvalue weighted by atomic mass is 9.96. The molecule has 2 fully saturated rings. The van der Waals surface area contributed by atoms with Gasteiger partial charge in [0.25, 0.3) is 0 Å². The molecule has 2 aliphatic heterocycles. The molecule has 132 valence electrons. The van der Waals surface area contributed by atoms with Crippen LogP contribution >= 0.6 is 31.1 Å². The van der Waals surface area contributed by atoms with Crippen LogP contribution in [0, 0.1) is 0 Å². The van der Waals surface area contributed by atoms with Gasteiger partial charge in [-0.2, -0.15) is 0 Å². The van der Waals surface area contributed by atoms with Gasteiger partial charge < -0.3 is 22.9 Å². The molecule has 2 aliphatic rings. The van der Waals surface area contributed by atoms with Crippen LogP contribution in [0.15, 0.2) is 0 Å². The lowest BCUT2D eigenvalue weighted by Crippen LogP contribution is -2.28. The first-order chi connectivity index (χ1) is 11.0. The van der Waals surface area contributed by atoms with E-state index in [1.807, 2.05) is 0 Å². The van der Waals surface area contributed by atoms with Crippen molar-refractivity contribution in [2.24, 2.45) is 0 Å². The molecule has 11 heteroatoms. The predicted octanol–water partition coefficient (Wildman–Crippen LogP) is 1.81. The maximum absolute atomic E-state index is 12.8. The lowest BCUT2D eigenvalue weighted by molar-refractivity contribution is 0.0135. The topological polar surface area (TPSA) is 72.5 Å². The van der Waals surface area contributed by atoms with Crippen molar-refractivity contribution >= 4 is 38.9 Å². The Hall–Kier alpha value is 0.755. The van der Waals surface area contributed by atoms with E-state index >= 15 is 0 Å². The fourth-order valence-electron chi connectivity index (χ4n) is 2.59. The highest BCUT2D eigenvalue weighted by atomic mass is 32.7. The molecule has 23 heavy (non-hydrogen) atoms. The lowest BCUT2D eigenvalue weighted by Gasteiger charge is -2.24. The Morgan fingerprint density at radius 3 is 2.78 bits per heavy atom. The number of ether oxygens (including phenoxy) is 3. The van der Waals surface area contributed by atoms with E-state index in [-0.39, 0.29) is 18.8 Å². The van der Waals surface area contributed by atoms with Gasteiger partial charge in [0.2, 0.25) is 0 Å². The Bertz CT molecular complexity index is 419. The molecule has 0 aliphatic carbocycles. The first-order valence-corrected chi connectivity index (χ1v) is 10.8. The minimum absolute atomic E-state index is 0.00127. The van der Waals surface area contributed by atoms with E-state index in [0.717, 1.165) is 17.8 Å². The second-order valence-corrected chi connectivity index (χ2v) is 9.72. The largest absolute Gasteiger partial charge is 0.389 e. The Morgan fingerprint density at radius 1 is 1.35 bits per heavy atom. The Balaban J connectivity index is 1.90. The molecule has 0 N–H and O–H groups in total. The first kappa shape index (κ1) is 20.1. The molecule has 2 heterocycles. The van der Waals surface area contributed by atoms with Gasteiger partial charge in [-0.15, -0.1) is 0 Å². The molecular formula is C12H22BO7PS2. The maximum atomic E-state index is 12.8. The number of methoxy groups -OCH3 is 1. The molecular weight excluding hydrogens is 362 g/mol. The first-order valence-electron chi connectivity index (χ1n) is 7.32. The number of rotatable bonds is 9. The van der Waals surface area contributed by atoms with Crippen molar-refractivity contribution in [2.45, 2.75) is 43.3 Å². The summed E-state index contributed by atoms with van der Waals surface area (Å²) in [7, 11) is 8.76.